The summed E-state index contributed by atoms with van der Waals surface area (Å²) in [5, 5.41) is 0. The van der Waals surface area contributed by atoms with Crippen molar-refractivity contribution in [2.24, 2.45) is 27.7 Å². The second-order valence-corrected chi connectivity index (χ2v) is 15.1. The van der Waals surface area contributed by atoms with E-state index in [1.54, 1.807) is 41.5 Å². The first-order valence-electron chi connectivity index (χ1n) is 16.6. The topological polar surface area (TPSA) is 215 Å². The van der Waals surface area contributed by atoms with Crippen molar-refractivity contribution in [3.8, 4) is 0 Å². The van der Waals surface area contributed by atoms with E-state index in [9.17, 15) is 43.2 Å². The number of hydrogen-bond donors (Lipinski definition) is 2. The molecular weight excluding hydrogens is 646 g/mol. The Hall–Kier alpha value is -4.43. The van der Waals surface area contributed by atoms with E-state index in [0.717, 1.165) is 53.4 Å². The van der Waals surface area contributed by atoms with Crippen molar-refractivity contribution in [1.82, 2.24) is 14.7 Å². The van der Waals surface area contributed by atoms with Gasteiger partial charge in [-0.05, 0) is 12.8 Å². The molecule has 3 aliphatic heterocycles. The van der Waals surface area contributed by atoms with Gasteiger partial charge in [0.25, 0.3) is 35.4 Å². The van der Waals surface area contributed by atoms with Crippen LogP contribution >= 0.6 is 0 Å². The molecule has 0 radical (unpaired) electrons. The van der Waals surface area contributed by atoms with Gasteiger partial charge in [0.1, 0.15) is 17.9 Å². The second-order valence-electron chi connectivity index (χ2n) is 15.1. The number of imide groups is 3. The molecule has 1 unspecified atom stereocenters. The fraction of sp³-hybridized carbons (Fsp3) is 0.583. The molecule has 3 aliphatic rings. The van der Waals surface area contributed by atoms with Gasteiger partial charge in [-0.2, -0.15) is 0 Å². The lowest BCUT2D eigenvalue weighted by atomic mass is 9.86. The number of rotatable bonds is 12. The average Bonchev–Trinajstić information content (AvgIpc) is 3.64. The molecule has 0 aliphatic carbocycles. The van der Waals surface area contributed by atoms with Gasteiger partial charge < -0.3 is 11.5 Å². The number of nitrogens with two attached hydrogens (primary N) is 2. The lowest BCUT2D eigenvalue weighted by Crippen LogP contribution is -2.52. The summed E-state index contributed by atoms with van der Waals surface area (Å²) in [5.41, 5.74) is 9.42. The summed E-state index contributed by atoms with van der Waals surface area (Å²) < 4.78 is 0. The zero-order chi connectivity index (χ0) is 38.8. The van der Waals surface area contributed by atoms with Crippen molar-refractivity contribution < 1.29 is 43.2 Å². The number of ketones is 3. The van der Waals surface area contributed by atoms with Crippen LogP contribution in [0.4, 0.5) is 0 Å². The molecule has 0 spiro atoms. The van der Waals surface area contributed by atoms with Crippen LogP contribution in [-0.2, 0) is 43.2 Å². The van der Waals surface area contributed by atoms with Gasteiger partial charge in [0.15, 0.2) is 11.6 Å². The van der Waals surface area contributed by atoms with Crippen LogP contribution in [0.1, 0.15) is 88.0 Å². The highest BCUT2D eigenvalue weighted by Crippen LogP contribution is 2.23. The molecule has 4 N–H and O–H groups in total. The summed E-state index contributed by atoms with van der Waals surface area (Å²) in [6, 6.07) is -1.73. The lowest BCUT2D eigenvalue weighted by molar-refractivity contribution is -0.147. The third kappa shape index (κ3) is 12.2. The Morgan fingerprint density at radius 1 is 0.520 bits per heavy atom. The Kier molecular flexibility index (Phi) is 15.7. The van der Waals surface area contributed by atoms with Crippen LogP contribution in [0.15, 0.2) is 36.5 Å². The third-order valence-electron chi connectivity index (χ3n) is 7.86. The van der Waals surface area contributed by atoms with Gasteiger partial charge in [0.2, 0.25) is 0 Å². The average molecular weight is 700 g/mol. The largest absolute Gasteiger partial charge is 0.328 e. The highest BCUT2D eigenvalue weighted by Gasteiger charge is 2.40. The van der Waals surface area contributed by atoms with Crippen LogP contribution in [0.2, 0.25) is 0 Å². The summed E-state index contributed by atoms with van der Waals surface area (Å²) in [5.74, 6) is -2.51. The smallest absolute Gasteiger partial charge is 0.254 e. The summed E-state index contributed by atoms with van der Waals surface area (Å²) in [7, 11) is 0. The van der Waals surface area contributed by atoms with Gasteiger partial charge >= 0.3 is 0 Å². The zero-order valence-corrected chi connectivity index (χ0v) is 30.7. The van der Waals surface area contributed by atoms with E-state index in [4.69, 9.17) is 11.5 Å². The quantitative estimate of drug-likeness (QED) is 0.221. The Bertz CT molecular complexity index is 1330. The molecule has 2 atom stereocenters. The predicted molar refractivity (Wildman–Crippen MR) is 185 cm³/mol. The number of carbonyl (C=O) groups is 9. The van der Waals surface area contributed by atoms with E-state index < -0.39 is 46.5 Å². The minimum absolute atomic E-state index is 0.0464. The van der Waals surface area contributed by atoms with E-state index in [0.29, 0.717) is 13.0 Å². The van der Waals surface area contributed by atoms with Gasteiger partial charge in [-0.1, -0.05) is 68.7 Å². The van der Waals surface area contributed by atoms with Crippen molar-refractivity contribution in [2.45, 2.75) is 100 Å². The molecule has 50 heavy (non-hydrogen) atoms. The monoisotopic (exact) mass is 699 g/mol. The molecule has 276 valence electrons. The molecule has 0 aromatic rings. The van der Waals surface area contributed by atoms with Crippen molar-refractivity contribution >= 4 is 52.8 Å². The maximum absolute atomic E-state index is 12.0. The number of nitrogens with zero attached hydrogens (tertiary/aromatic N) is 3. The molecule has 14 heteroatoms. The lowest BCUT2D eigenvalue weighted by Gasteiger charge is -2.29. The standard InChI is InChI=1S/C14H21NO3.2C11H16N2O3/c1-14(2,3)11(16)7-5-4-6-10-15-12(17)8-9-13(15)18;2*1-11(2,3)10(16)7(6-12)13-8(14)4-5-9(13)15/h8-9H,4-7,10H2,1-3H3;2*4-5,7H,6,12H2,1-3H3/t;7-;/m.0./s1. The first-order valence-corrected chi connectivity index (χ1v) is 16.6. The molecule has 0 fully saturated rings. The van der Waals surface area contributed by atoms with Crippen LogP contribution in [0, 0.1) is 16.2 Å². The maximum atomic E-state index is 12.0. The zero-order valence-electron chi connectivity index (χ0n) is 30.7. The highest BCUT2D eigenvalue weighted by atomic mass is 16.2. The fourth-order valence-electron chi connectivity index (χ4n) is 4.86. The number of amides is 6. The third-order valence-corrected chi connectivity index (χ3v) is 7.86. The van der Waals surface area contributed by atoms with E-state index in [1.807, 2.05) is 20.8 Å². The van der Waals surface area contributed by atoms with Crippen LogP contribution in [-0.4, -0.2) is 99.2 Å². The Balaban J connectivity index is 0.000000376. The van der Waals surface area contributed by atoms with Crippen LogP contribution in [0.5, 0.6) is 0 Å². The predicted octanol–water partition coefficient (Wildman–Crippen LogP) is 1.79. The Morgan fingerprint density at radius 3 is 1.12 bits per heavy atom. The van der Waals surface area contributed by atoms with Crippen molar-refractivity contribution in [2.75, 3.05) is 19.6 Å². The number of unbranched alkanes of at least 4 members (excludes halogenated alkanes) is 2. The molecule has 14 nitrogen and oxygen atoms in total. The minimum atomic E-state index is -0.866. The van der Waals surface area contributed by atoms with Crippen molar-refractivity contribution in [3.63, 3.8) is 0 Å². The Labute approximate surface area is 294 Å². The summed E-state index contributed by atoms with van der Waals surface area (Å²) in [4.78, 5) is 107. The van der Waals surface area contributed by atoms with Crippen LogP contribution in [0.3, 0.4) is 0 Å². The van der Waals surface area contributed by atoms with E-state index >= 15 is 0 Å². The SMILES string of the molecule is CC(C)(C)C(=O)C(CN)N1C(=O)C=CC1=O.CC(C)(C)C(=O)CCCCCN1C(=O)C=CC1=O.CC(C)(C)C(=O)[C@H](CN)N1C(=O)C=CC1=O. The van der Waals surface area contributed by atoms with Crippen molar-refractivity contribution in [3.05, 3.63) is 36.5 Å². The highest BCUT2D eigenvalue weighted by molar-refractivity contribution is 6.16. The fourth-order valence-corrected chi connectivity index (χ4v) is 4.86. The number of Topliss-reactive ketones (excluding diaryl/α,β-unsaturated/α-hetero) is 3. The van der Waals surface area contributed by atoms with Crippen LogP contribution < -0.4 is 11.5 Å². The molecule has 6 amide bonds. The molecule has 3 rings (SSSR count). The number of carbonyl (C=O) groups excluding carboxylic acids is 9. The first-order chi connectivity index (χ1) is 22.9. The molecule has 0 saturated carbocycles. The normalized spacial score (nSPS) is 17.2. The number of hydrogen-bond acceptors (Lipinski definition) is 11. The Morgan fingerprint density at radius 2 is 0.840 bits per heavy atom. The second kappa shape index (κ2) is 18.0. The molecule has 3 heterocycles. The van der Waals surface area contributed by atoms with Gasteiger partial charge in [-0.25, -0.2) is 0 Å². The molecule has 0 aromatic carbocycles. The van der Waals surface area contributed by atoms with E-state index in [1.165, 1.54) is 17.1 Å². The molecule has 0 bridgehead atoms. The van der Waals surface area contributed by atoms with Gasteiger partial charge in [-0.3, -0.25) is 57.9 Å². The van der Waals surface area contributed by atoms with Gasteiger partial charge in [0, 0.05) is 78.8 Å². The van der Waals surface area contributed by atoms with Gasteiger partial charge in [-0.15, -0.1) is 0 Å². The first kappa shape index (κ1) is 43.6. The molecular formula is C36H53N5O9. The summed E-state index contributed by atoms with van der Waals surface area (Å²) >= 11 is 0. The molecule has 0 saturated heterocycles. The minimum Gasteiger partial charge on any atom is -0.328 e. The van der Waals surface area contributed by atoms with E-state index in [2.05, 4.69) is 0 Å². The molecule has 0 aromatic heterocycles. The van der Waals surface area contributed by atoms with E-state index in [-0.39, 0.29) is 47.7 Å². The van der Waals surface area contributed by atoms with Crippen molar-refractivity contribution in [1.29, 1.82) is 0 Å². The maximum Gasteiger partial charge on any atom is 0.254 e. The summed E-state index contributed by atoms with van der Waals surface area (Å²) in [6.45, 7) is 16.5. The summed E-state index contributed by atoms with van der Waals surface area (Å²) in [6.07, 6.45) is 10.2. The van der Waals surface area contributed by atoms with Crippen LogP contribution in [0.25, 0.3) is 0 Å². The van der Waals surface area contributed by atoms with Gasteiger partial charge in [0.05, 0.1) is 0 Å².